The quantitative estimate of drug-likeness (QED) is 0.754. The van der Waals surface area contributed by atoms with Crippen LogP contribution in [-0.4, -0.2) is 11.9 Å². The first-order valence-electron chi connectivity index (χ1n) is 5.95. The summed E-state index contributed by atoms with van der Waals surface area (Å²) in [6.45, 7) is 1.91. The Morgan fingerprint density at radius 2 is 2.20 bits per heavy atom. The highest BCUT2D eigenvalue weighted by Crippen LogP contribution is 2.28. The average Bonchev–Trinajstić information content (AvgIpc) is 2.75. The minimum Gasteiger partial charge on any atom is -0.340 e. The second kappa shape index (κ2) is 6.44. The van der Waals surface area contributed by atoms with Gasteiger partial charge in [0.25, 0.3) is 0 Å². The standard InChI is InChI=1S/C12H20N2O/c1-2-11(9-13)14-12(15)8-7-10-5-3-4-6-10/h10-11H,2-8H2,1H3,(H,14,15). The summed E-state index contributed by atoms with van der Waals surface area (Å²) in [4.78, 5) is 11.5. The predicted octanol–water partition coefficient (Wildman–Crippen LogP) is 2.38. The molecular formula is C12H20N2O. The molecule has 15 heavy (non-hydrogen) atoms. The molecule has 1 amide bonds. The monoisotopic (exact) mass is 208 g/mol. The lowest BCUT2D eigenvalue weighted by atomic mass is 10.0. The van der Waals surface area contributed by atoms with E-state index in [0.29, 0.717) is 12.8 Å². The summed E-state index contributed by atoms with van der Waals surface area (Å²) in [5.74, 6) is 0.785. The summed E-state index contributed by atoms with van der Waals surface area (Å²) in [5.41, 5.74) is 0. The number of nitrogens with zero attached hydrogens (tertiary/aromatic N) is 1. The minimum atomic E-state index is -0.305. The van der Waals surface area contributed by atoms with E-state index in [1.165, 1.54) is 25.7 Å². The molecule has 1 aliphatic carbocycles. The lowest BCUT2D eigenvalue weighted by Gasteiger charge is -2.11. The van der Waals surface area contributed by atoms with E-state index >= 15 is 0 Å². The molecule has 0 aliphatic heterocycles. The molecule has 0 heterocycles. The fourth-order valence-electron chi connectivity index (χ4n) is 2.13. The first kappa shape index (κ1) is 12.0. The molecule has 0 bridgehead atoms. The molecule has 0 aromatic heterocycles. The second-order valence-corrected chi connectivity index (χ2v) is 4.35. The van der Waals surface area contributed by atoms with E-state index < -0.39 is 0 Å². The Balaban J connectivity index is 2.15. The SMILES string of the molecule is CCC(C#N)NC(=O)CCC1CCCC1. The van der Waals surface area contributed by atoms with Gasteiger partial charge < -0.3 is 5.32 Å². The molecule has 84 valence electrons. The molecule has 1 atom stereocenters. The van der Waals surface area contributed by atoms with Gasteiger partial charge in [-0.1, -0.05) is 32.6 Å². The van der Waals surface area contributed by atoms with Gasteiger partial charge in [-0.3, -0.25) is 4.79 Å². The highest BCUT2D eigenvalue weighted by Gasteiger charge is 2.16. The van der Waals surface area contributed by atoms with Crippen LogP contribution in [0.5, 0.6) is 0 Å². The number of hydrogen-bond acceptors (Lipinski definition) is 2. The van der Waals surface area contributed by atoms with Crippen LogP contribution in [0.1, 0.15) is 51.9 Å². The van der Waals surface area contributed by atoms with Crippen LogP contribution in [0, 0.1) is 17.2 Å². The average molecular weight is 208 g/mol. The van der Waals surface area contributed by atoms with Gasteiger partial charge in [0.15, 0.2) is 0 Å². The van der Waals surface area contributed by atoms with Crippen molar-refractivity contribution in [2.75, 3.05) is 0 Å². The van der Waals surface area contributed by atoms with Gasteiger partial charge in [-0.25, -0.2) is 0 Å². The van der Waals surface area contributed by atoms with Crippen LogP contribution >= 0.6 is 0 Å². The largest absolute Gasteiger partial charge is 0.340 e. The molecular weight excluding hydrogens is 188 g/mol. The smallest absolute Gasteiger partial charge is 0.221 e. The zero-order chi connectivity index (χ0) is 11.1. The number of rotatable bonds is 5. The zero-order valence-electron chi connectivity index (χ0n) is 9.46. The highest BCUT2D eigenvalue weighted by atomic mass is 16.1. The Kier molecular flexibility index (Phi) is 5.17. The van der Waals surface area contributed by atoms with Crippen molar-refractivity contribution in [3.8, 4) is 6.07 Å². The minimum absolute atomic E-state index is 0.0373. The number of carbonyl (C=O) groups is 1. The molecule has 0 saturated heterocycles. The highest BCUT2D eigenvalue weighted by molar-refractivity contribution is 5.76. The number of nitrogens with one attached hydrogen (secondary N) is 1. The Bertz CT molecular complexity index is 238. The summed E-state index contributed by atoms with van der Waals surface area (Å²) in [6, 6.07) is 1.77. The molecule has 1 N–H and O–H groups in total. The first-order valence-corrected chi connectivity index (χ1v) is 5.95. The van der Waals surface area contributed by atoms with Gasteiger partial charge in [0.1, 0.15) is 6.04 Å². The van der Waals surface area contributed by atoms with Crippen molar-refractivity contribution in [1.82, 2.24) is 5.32 Å². The van der Waals surface area contributed by atoms with Gasteiger partial charge in [-0.2, -0.15) is 5.26 Å². The van der Waals surface area contributed by atoms with Crippen molar-refractivity contribution in [1.29, 1.82) is 5.26 Å². The van der Waals surface area contributed by atoms with Crippen LogP contribution in [0.2, 0.25) is 0 Å². The van der Waals surface area contributed by atoms with Gasteiger partial charge in [0.2, 0.25) is 5.91 Å². The van der Waals surface area contributed by atoms with Crippen LogP contribution in [0.25, 0.3) is 0 Å². The van der Waals surface area contributed by atoms with Crippen LogP contribution in [0.4, 0.5) is 0 Å². The van der Waals surface area contributed by atoms with Crippen molar-refractivity contribution in [2.45, 2.75) is 57.9 Å². The fraction of sp³-hybridized carbons (Fsp3) is 0.833. The van der Waals surface area contributed by atoms with E-state index in [2.05, 4.69) is 11.4 Å². The third kappa shape index (κ3) is 4.33. The maximum Gasteiger partial charge on any atom is 0.221 e. The van der Waals surface area contributed by atoms with E-state index in [-0.39, 0.29) is 11.9 Å². The molecule has 1 aliphatic rings. The molecule has 0 aromatic rings. The third-order valence-corrected chi connectivity index (χ3v) is 3.15. The Morgan fingerprint density at radius 3 is 2.73 bits per heavy atom. The zero-order valence-corrected chi connectivity index (χ0v) is 9.46. The summed E-state index contributed by atoms with van der Waals surface area (Å²) in [5, 5.41) is 11.4. The van der Waals surface area contributed by atoms with Crippen molar-refractivity contribution < 1.29 is 4.79 Å². The lowest BCUT2D eigenvalue weighted by molar-refractivity contribution is -0.121. The third-order valence-electron chi connectivity index (χ3n) is 3.15. The molecule has 1 rings (SSSR count). The van der Waals surface area contributed by atoms with Gasteiger partial charge in [0, 0.05) is 6.42 Å². The van der Waals surface area contributed by atoms with Crippen molar-refractivity contribution in [2.24, 2.45) is 5.92 Å². The van der Waals surface area contributed by atoms with E-state index in [1.54, 1.807) is 0 Å². The number of hydrogen-bond donors (Lipinski definition) is 1. The van der Waals surface area contributed by atoms with E-state index in [9.17, 15) is 4.79 Å². The van der Waals surface area contributed by atoms with Gasteiger partial charge >= 0.3 is 0 Å². The van der Waals surface area contributed by atoms with Crippen LogP contribution < -0.4 is 5.32 Å². The molecule has 0 aromatic carbocycles. The lowest BCUT2D eigenvalue weighted by Crippen LogP contribution is -2.33. The maximum absolute atomic E-state index is 11.5. The number of amides is 1. The van der Waals surface area contributed by atoms with Crippen LogP contribution in [-0.2, 0) is 4.79 Å². The van der Waals surface area contributed by atoms with Gasteiger partial charge in [0.05, 0.1) is 6.07 Å². The van der Waals surface area contributed by atoms with E-state index in [0.717, 1.165) is 12.3 Å². The Morgan fingerprint density at radius 1 is 1.53 bits per heavy atom. The predicted molar refractivity (Wildman–Crippen MR) is 59.0 cm³/mol. The van der Waals surface area contributed by atoms with E-state index in [4.69, 9.17) is 5.26 Å². The molecule has 0 radical (unpaired) electrons. The number of carbonyl (C=O) groups excluding carboxylic acids is 1. The molecule has 3 nitrogen and oxygen atoms in total. The molecule has 3 heteroatoms. The summed E-state index contributed by atoms with van der Waals surface area (Å²) >= 11 is 0. The van der Waals surface area contributed by atoms with E-state index in [1.807, 2.05) is 6.92 Å². The topological polar surface area (TPSA) is 52.9 Å². The van der Waals surface area contributed by atoms with Crippen molar-refractivity contribution >= 4 is 5.91 Å². The molecule has 0 spiro atoms. The van der Waals surface area contributed by atoms with Gasteiger partial charge in [-0.15, -0.1) is 0 Å². The summed E-state index contributed by atoms with van der Waals surface area (Å²) in [6.07, 6.45) is 7.47. The fourth-order valence-corrected chi connectivity index (χ4v) is 2.13. The van der Waals surface area contributed by atoms with Gasteiger partial charge in [-0.05, 0) is 18.8 Å². The normalized spacial score (nSPS) is 18.4. The molecule has 1 saturated carbocycles. The summed E-state index contributed by atoms with van der Waals surface area (Å²) < 4.78 is 0. The van der Waals surface area contributed by atoms with Crippen LogP contribution in [0.15, 0.2) is 0 Å². The Hall–Kier alpha value is -1.04. The summed E-state index contributed by atoms with van der Waals surface area (Å²) in [7, 11) is 0. The first-order chi connectivity index (χ1) is 7.26. The maximum atomic E-state index is 11.5. The molecule has 1 unspecified atom stereocenters. The van der Waals surface area contributed by atoms with Crippen molar-refractivity contribution in [3.05, 3.63) is 0 Å². The second-order valence-electron chi connectivity index (χ2n) is 4.35. The number of nitriles is 1. The Labute approximate surface area is 91.9 Å². The van der Waals surface area contributed by atoms with Crippen molar-refractivity contribution in [3.63, 3.8) is 0 Å². The molecule has 1 fully saturated rings. The van der Waals surface area contributed by atoms with Crippen LogP contribution in [0.3, 0.4) is 0 Å².